The molecule has 0 radical (unpaired) electrons. The number of hydrogen-bond acceptors (Lipinski definition) is 4. The average molecular weight is 312 g/mol. The minimum atomic E-state index is -0.0728. The zero-order valence-electron chi connectivity index (χ0n) is 12.9. The number of phenols is 1. The fourth-order valence-corrected chi connectivity index (χ4v) is 2.65. The Kier molecular flexibility index (Phi) is 4.78. The molecule has 0 saturated carbocycles. The maximum Gasteiger partial charge on any atom is 0.228 e. The smallest absolute Gasteiger partial charge is 0.228 e. The minimum Gasteiger partial charge on any atom is -0.508 e. The number of para-hydroxylation sites is 2. The number of amides is 1. The van der Waals surface area contributed by atoms with Crippen LogP contribution in [-0.2, 0) is 16.0 Å². The van der Waals surface area contributed by atoms with Crippen LogP contribution in [0.3, 0.4) is 0 Å². The maximum atomic E-state index is 12.3. The minimum absolute atomic E-state index is 0.0728. The van der Waals surface area contributed by atoms with Crippen molar-refractivity contribution < 1.29 is 14.6 Å². The first-order valence-corrected chi connectivity index (χ1v) is 7.72. The summed E-state index contributed by atoms with van der Waals surface area (Å²) in [6, 6.07) is 14.5. The number of nitrogens with zero attached hydrogens (tertiary/aromatic N) is 1. The van der Waals surface area contributed by atoms with E-state index in [1.165, 1.54) is 0 Å². The van der Waals surface area contributed by atoms with Gasteiger partial charge in [-0.1, -0.05) is 24.3 Å². The van der Waals surface area contributed by atoms with E-state index in [9.17, 15) is 9.90 Å². The number of benzene rings is 2. The third kappa shape index (κ3) is 4.02. The first kappa shape index (κ1) is 15.4. The summed E-state index contributed by atoms with van der Waals surface area (Å²) in [7, 11) is 0. The summed E-state index contributed by atoms with van der Waals surface area (Å²) in [6.07, 6.45) is 0.276. The Morgan fingerprint density at radius 2 is 1.78 bits per heavy atom. The number of morpholine rings is 1. The zero-order valence-corrected chi connectivity index (χ0v) is 12.9. The van der Waals surface area contributed by atoms with Crippen LogP contribution in [0.25, 0.3) is 0 Å². The van der Waals surface area contributed by atoms with E-state index in [-0.39, 0.29) is 18.1 Å². The van der Waals surface area contributed by atoms with Crippen molar-refractivity contribution in [3.63, 3.8) is 0 Å². The molecular formula is C18H20N2O3. The number of hydrogen-bond donors (Lipinski definition) is 2. The third-order valence-electron chi connectivity index (χ3n) is 3.83. The summed E-state index contributed by atoms with van der Waals surface area (Å²) in [6.45, 7) is 3.06. The monoisotopic (exact) mass is 312 g/mol. The summed E-state index contributed by atoms with van der Waals surface area (Å²) in [5.74, 6) is 0.128. The first-order chi connectivity index (χ1) is 11.2. The molecule has 0 aromatic heterocycles. The van der Waals surface area contributed by atoms with E-state index >= 15 is 0 Å². The van der Waals surface area contributed by atoms with Gasteiger partial charge in [-0.05, 0) is 29.8 Å². The molecule has 2 aromatic rings. The van der Waals surface area contributed by atoms with Crippen molar-refractivity contribution in [2.45, 2.75) is 6.42 Å². The zero-order chi connectivity index (χ0) is 16.1. The van der Waals surface area contributed by atoms with Gasteiger partial charge in [0.05, 0.1) is 31.0 Å². The van der Waals surface area contributed by atoms with Crippen LogP contribution in [0.2, 0.25) is 0 Å². The van der Waals surface area contributed by atoms with Crippen molar-refractivity contribution in [3.05, 3.63) is 54.1 Å². The van der Waals surface area contributed by atoms with E-state index in [0.29, 0.717) is 13.2 Å². The number of carbonyl (C=O) groups excluding carboxylic acids is 1. The van der Waals surface area contributed by atoms with E-state index in [2.05, 4.69) is 10.2 Å². The summed E-state index contributed by atoms with van der Waals surface area (Å²) in [5.41, 5.74) is 2.71. The molecule has 2 N–H and O–H groups in total. The second-order valence-electron chi connectivity index (χ2n) is 5.51. The molecule has 1 heterocycles. The molecule has 1 fully saturated rings. The molecule has 120 valence electrons. The van der Waals surface area contributed by atoms with Gasteiger partial charge in [0, 0.05) is 13.1 Å². The Balaban J connectivity index is 1.69. The van der Waals surface area contributed by atoms with Crippen LogP contribution in [-0.4, -0.2) is 37.3 Å². The van der Waals surface area contributed by atoms with Gasteiger partial charge < -0.3 is 20.1 Å². The largest absolute Gasteiger partial charge is 0.508 e. The van der Waals surface area contributed by atoms with E-state index < -0.39 is 0 Å². The molecule has 1 aliphatic rings. The SMILES string of the molecule is O=C(Cc1ccc(O)cc1)Nc1ccccc1N1CCOCC1. The van der Waals surface area contributed by atoms with Crippen LogP contribution in [0.5, 0.6) is 5.75 Å². The molecule has 0 unspecified atom stereocenters. The lowest BCUT2D eigenvalue weighted by Crippen LogP contribution is -2.36. The summed E-state index contributed by atoms with van der Waals surface area (Å²) >= 11 is 0. The van der Waals surface area contributed by atoms with Crippen LogP contribution >= 0.6 is 0 Å². The predicted octanol–water partition coefficient (Wildman–Crippen LogP) is 2.41. The van der Waals surface area contributed by atoms with Gasteiger partial charge in [0.1, 0.15) is 5.75 Å². The lowest BCUT2D eigenvalue weighted by Gasteiger charge is -2.30. The highest BCUT2D eigenvalue weighted by Gasteiger charge is 2.15. The normalized spacial score (nSPS) is 14.5. The molecule has 23 heavy (non-hydrogen) atoms. The van der Waals surface area contributed by atoms with Crippen LogP contribution < -0.4 is 10.2 Å². The van der Waals surface area contributed by atoms with Crippen molar-refractivity contribution in [1.82, 2.24) is 0 Å². The van der Waals surface area contributed by atoms with Crippen LogP contribution in [0.4, 0.5) is 11.4 Å². The molecule has 0 aliphatic carbocycles. The van der Waals surface area contributed by atoms with Crippen molar-refractivity contribution in [2.24, 2.45) is 0 Å². The average Bonchev–Trinajstić information content (AvgIpc) is 2.58. The molecule has 5 nitrogen and oxygen atoms in total. The summed E-state index contributed by atoms with van der Waals surface area (Å²) < 4.78 is 5.38. The van der Waals surface area contributed by atoms with Crippen LogP contribution in [0, 0.1) is 0 Å². The molecule has 0 bridgehead atoms. The van der Waals surface area contributed by atoms with Crippen molar-refractivity contribution in [2.75, 3.05) is 36.5 Å². The van der Waals surface area contributed by atoms with Gasteiger partial charge in [-0.25, -0.2) is 0 Å². The van der Waals surface area contributed by atoms with E-state index in [1.54, 1.807) is 24.3 Å². The second kappa shape index (κ2) is 7.15. The van der Waals surface area contributed by atoms with Gasteiger partial charge >= 0.3 is 0 Å². The highest BCUT2D eigenvalue weighted by atomic mass is 16.5. The number of phenolic OH excluding ortho intramolecular Hbond substituents is 1. The number of aromatic hydroxyl groups is 1. The van der Waals surface area contributed by atoms with Gasteiger partial charge in [-0.3, -0.25) is 4.79 Å². The molecular weight excluding hydrogens is 292 g/mol. The summed E-state index contributed by atoms with van der Waals surface area (Å²) in [4.78, 5) is 14.5. The Labute approximate surface area is 135 Å². The first-order valence-electron chi connectivity index (χ1n) is 7.72. The lowest BCUT2D eigenvalue weighted by molar-refractivity contribution is -0.115. The van der Waals surface area contributed by atoms with Crippen LogP contribution in [0.1, 0.15) is 5.56 Å². The predicted molar refractivity (Wildman–Crippen MR) is 89.9 cm³/mol. The molecule has 1 saturated heterocycles. The number of anilines is 2. The van der Waals surface area contributed by atoms with Crippen molar-refractivity contribution in [1.29, 1.82) is 0 Å². The Morgan fingerprint density at radius 1 is 1.09 bits per heavy atom. The van der Waals surface area contributed by atoms with Gasteiger partial charge in [-0.15, -0.1) is 0 Å². The Morgan fingerprint density at radius 3 is 2.52 bits per heavy atom. The second-order valence-corrected chi connectivity index (χ2v) is 5.51. The molecule has 2 aromatic carbocycles. The number of ether oxygens (including phenoxy) is 1. The third-order valence-corrected chi connectivity index (χ3v) is 3.83. The lowest BCUT2D eigenvalue weighted by atomic mass is 10.1. The Hall–Kier alpha value is -2.53. The van der Waals surface area contributed by atoms with Gasteiger partial charge in [0.25, 0.3) is 0 Å². The highest BCUT2D eigenvalue weighted by molar-refractivity contribution is 5.95. The standard InChI is InChI=1S/C18H20N2O3/c21-15-7-5-14(6-8-15)13-18(22)19-16-3-1-2-4-17(16)20-9-11-23-12-10-20/h1-8,21H,9-13H2,(H,19,22). The number of nitrogens with one attached hydrogen (secondary N) is 1. The fraction of sp³-hybridized carbons (Fsp3) is 0.278. The van der Waals surface area contributed by atoms with E-state index in [1.807, 2.05) is 24.3 Å². The molecule has 0 atom stereocenters. The molecule has 1 aliphatic heterocycles. The van der Waals surface area contributed by atoms with E-state index in [4.69, 9.17) is 4.74 Å². The van der Waals surface area contributed by atoms with Crippen molar-refractivity contribution in [3.8, 4) is 5.75 Å². The number of carbonyl (C=O) groups is 1. The molecule has 0 spiro atoms. The molecule has 5 heteroatoms. The van der Waals surface area contributed by atoms with Gasteiger partial charge in [0.2, 0.25) is 5.91 Å². The molecule has 3 rings (SSSR count). The fourth-order valence-electron chi connectivity index (χ4n) is 2.65. The number of rotatable bonds is 4. The van der Waals surface area contributed by atoms with Gasteiger partial charge in [-0.2, -0.15) is 0 Å². The highest BCUT2D eigenvalue weighted by Crippen LogP contribution is 2.26. The van der Waals surface area contributed by atoms with Crippen molar-refractivity contribution >= 4 is 17.3 Å². The van der Waals surface area contributed by atoms with Gasteiger partial charge in [0.15, 0.2) is 0 Å². The van der Waals surface area contributed by atoms with E-state index in [0.717, 1.165) is 30.0 Å². The maximum absolute atomic E-state index is 12.3. The topological polar surface area (TPSA) is 61.8 Å². The summed E-state index contributed by atoms with van der Waals surface area (Å²) in [5, 5.41) is 12.3. The molecule has 1 amide bonds. The van der Waals surface area contributed by atoms with Crippen LogP contribution in [0.15, 0.2) is 48.5 Å². The Bertz CT molecular complexity index is 664. The quantitative estimate of drug-likeness (QED) is 0.910.